The molecular formula is C18H19FN4O. The maximum absolute atomic E-state index is 14.2. The monoisotopic (exact) mass is 326 g/mol. The molecule has 0 unspecified atom stereocenters. The zero-order valence-corrected chi connectivity index (χ0v) is 13.6. The number of hydrogen-bond donors (Lipinski definition) is 1. The largest absolute Gasteiger partial charge is 0.362 e. The molecule has 1 aromatic heterocycles. The Morgan fingerprint density at radius 1 is 1.46 bits per heavy atom. The van der Waals surface area contributed by atoms with Gasteiger partial charge in [-0.15, -0.1) is 0 Å². The van der Waals surface area contributed by atoms with Gasteiger partial charge in [0.05, 0.1) is 0 Å². The third-order valence-corrected chi connectivity index (χ3v) is 4.46. The van der Waals surface area contributed by atoms with Gasteiger partial charge in [0, 0.05) is 18.7 Å². The standard InChI is InChI=1S/C18H19FN4O/c1-12-6-7-14(15(19)8-12)11-23(10-13-4-3-5-13)18(24)16-9-17(20-2)22-21-16/h6-9,13H,3-5,10-11H2,1H3,(H,21,22). The first-order chi connectivity index (χ1) is 11.6. The molecule has 6 heteroatoms. The summed E-state index contributed by atoms with van der Waals surface area (Å²) in [7, 11) is 0. The van der Waals surface area contributed by atoms with E-state index in [1.165, 1.54) is 18.6 Å². The fraction of sp³-hybridized carbons (Fsp3) is 0.389. The highest BCUT2D eigenvalue weighted by Crippen LogP contribution is 2.28. The number of rotatable bonds is 5. The summed E-state index contributed by atoms with van der Waals surface area (Å²) in [6, 6.07) is 6.48. The van der Waals surface area contributed by atoms with Crippen molar-refractivity contribution < 1.29 is 9.18 Å². The van der Waals surface area contributed by atoms with Crippen LogP contribution < -0.4 is 0 Å². The van der Waals surface area contributed by atoms with Gasteiger partial charge in [-0.1, -0.05) is 30.2 Å². The van der Waals surface area contributed by atoms with Crippen LogP contribution in [0.4, 0.5) is 10.2 Å². The third-order valence-electron chi connectivity index (χ3n) is 4.46. The number of halogens is 1. The first-order valence-electron chi connectivity index (χ1n) is 8.04. The Kier molecular flexibility index (Phi) is 4.61. The fourth-order valence-electron chi connectivity index (χ4n) is 2.83. The molecule has 5 nitrogen and oxygen atoms in total. The number of aryl methyl sites for hydroxylation is 1. The van der Waals surface area contributed by atoms with Gasteiger partial charge >= 0.3 is 0 Å². The van der Waals surface area contributed by atoms with Crippen molar-refractivity contribution in [2.45, 2.75) is 32.7 Å². The van der Waals surface area contributed by atoms with Gasteiger partial charge < -0.3 is 9.74 Å². The SMILES string of the molecule is [C-]#[N+]c1cc(C(=O)N(Cc2ccc(C)cc2F)CC2CCC2)n[nH]1. The van der Waals surface area contributed by atoms with Crippen LogP contribution in [0.1, 0.15) is 40.9 Å². The molecule has 1 heterocycles. The summed E-state index contributed by atoms with van der Waals surface area (Å²) in [6.45, 7) is 9.60. The molecule has 1 N–H and O–H groups in total. The minimum atomic E-state index is -0.301. The molecule has 0 radical (unpaired) electrons. The average molecular weight is 326 g/mol. The van der Waals surface area contributed by atoms with E-state index in [0.29, 0.717) is 18.0 Å². The molecule has 1 amide bonds. The molecule has 1 fully saturated rings. The van der Waals surface area contributed by atoms with Gasteiger partial charge in [-0.3, -0.25) is 4.79 Å². The zero-order chi connectivity index (χ0) is 17.1. The second kappa shape index (κ2) is 6.83. The van der Waals surface area contributed by atoms with Crippen molar-refractivity contribution >= 4 is 11.7 Å². The minimum Gasteiger partial charge on any atom is -0.362 e. The van der Waals surface area contributed by atoms with Crippen molar-refractivity contribution in [3.8, 4) is 0 Å². The molecule has 1 aliphatic rings. The van der Waals surface area contributed by atoms with E-state index in [0.717, 1.165) is 18.4 Å². The van der Waals surface area contributed by atoms with Crippen LogP contribution in [0, 0.1) is 25.2 Å². The van der Waals surface area contributed by atoms with Gasteiger partial charge in [-0.2, -0.15) is 0 Å². The number of H-pyrrole nitrogens is 1. The molecule has 0 aliphatic heterocycles. The molecule has 0 spiro atoms. The maximum Gasteiger partial charge on any atom is 0.275 e. The van der Waals surface area contributed by atoms with Gasteiger partial charge in [-0.05, 0) is 43.4 Å². The van der Waals surface area contributed by atoms with Crippen LogP contribution in [0.25, 0.3) is 4.85 Å². The molecule has 24 heavy (non-hydrogen) atoms. The molecule has 1 saturated carbocycles. The lowest BCUT2D eigenvalue weighted by Crippen LogP contribution is -2.37. The number of aromatic nitrogens is 2. The van der Waals surface area contributed by atoms with E-state index >= 15 is 0 Å². The lowest BCUT2D eigenvalue weighted by atomic mass is 9.85. The number of aromatic amines is 1. The van der Waals surface area contributed by atoms with Crippen LogP contribution in [-0.4, -0.2) is 27.5 Å². The minimum absolute atomic E-state index is 0.202. The Morgan fingerprint density at radius 2 is 2.25 bits per heavy atom. The summed E-state index contributed by atoms with van der Waals surface area (Å²) in [5, 5.41) is 6.44. The highest BCUT2D eigenvalue weighted by molar-refractivity contribution is 5.93. The van der Waals surface area contributed by atoms with Crippen LogP contribution in [0.5, 0.6) is 0 Å². The van der Waals surface area contributed by atoms with Crippen molar-refractivity contribution in [3.05, 3.63) is 58.3 Å². The number of benzene rings is 1. The molecule has 1 aliphatic carbocycles. The van der Waals surface area contributed by atoms with E-state index < -0.39 is 0 Å². The summed E-state index contributed by atoms with van der Waals surface area (Å²) in [4.78, 5) is 17.6. The number of amides is 1. The van der Waals surface area contributed by atoms with E-state index in [4.69, 9.17) is 6.57 Å². The Hall–Kier alpha value is -2.68. The number of carbonyl (C=O) groups is 1. The van der Waals surface area contributed by atoms with Gasteiger partial charge in [0.15, 0.2) is 5.69 Å². The summed E-state index contributed by atoms with van der Waals surface area (Å²) in [5.41, 5.74) is 1.55. The second-order valence-corrected chi connectivity index (χ2v) is 6.33. The van der Waals surface area contributed by atoms with Crippen LogP contribution in [0.2, 0.25) is 0 Å². The van der Waals surface area contributed by atoms with Crippen LogP contribution in [0.3, 0.4) is 0 Å². The quantitative estimate of drug-likeness (QED) is 0.849. The molecule has 3 rings (SSSR count). The fourth-order valence-corrected chi connectivity index (χ4v) is 2.83. The molecule has 1 aromatic carbocycles. The normalized spacial score (nSPS) is 14.0. The van der Waals surface area contributed by atoms with E-state index in [1.807, 2.05) is 13.0 Å². The highest BCUT2D eigenvalue weighted by Gasteiger charge is 2.26. The lowest BCUT2D eigenvalue weighted by molar-refractivity contribution is 0.0671. The smallest absolute Gasteiger partial charge is 0.275 e. The van der Waals surface area contributed by atoms with E-state index in [-0.39, 0.29) is 29.8 Å². The van der Waals surface area contributed by atoms with Crippen molar-refractivity contribution in [2.24, 2.45) is 5.92 Å². The number of nitrogens with zero attached hydrogens (tertiary/aromatic N) is 3. The lowest BCUT2D eigenvalue weighted by Gasteiger charge is -2.32. The predicted octanol–water partition coefficient (Wildman–Crippen LogP) is 3.85. The zero-order valence-electron chi connectivity index (χ0n) is 13.6. The summed E-state index contributed by atoms with van der Waals surface area (Å²) in [5.74, 6) is 0.114. The van der Waals surface area contributed by atoms with Gasteiger partial charge in [0.25, 0.3) is 11.7 Å². The number of nitrogens with one attached hydrogen (secondary N) is 1. The van der Waals surface area contributed by atoms with Crippen molar-refractivity contribution in [3.63, 3.8) is 0 Å². The van der Waals surface area contributed by atoms with Crippen LogP contribution >= 0.6 is 0 Å². The molecule has 124 valence electrons. The topological polar surface area (TPSA) is 53.4 Å². The summed E-state index contributed by atoms with van der Waals surface area (Å²) < 4.78 is 14.2. The Morgan fingerprint density at radius 3 is 2.83 bits per heavy atom. The first-order valence-corrected chi connectivity index (χ1v) is 8.04. The molecule has 0 saturated heterocycles. The third kappa shape index (κ3) is 3.46. The average Bonchev–Trinajstić information content (AvgIpc) is 3.00. The molecule has 0 atom stereocenters. The van der Waals surface area contributed by atoms with Gasteiger partial charge in [0.2, 0.25) is 0 Å². The Bertz CT molecular complexity index is 789. The van der Waals surface area contributed by atoms with Crippen molar-refractivity contribution in [1.82, 2.24) is 15.1 Å². The first kappa shape index (κ1) is 16.2. The van der Waals surface area contributed by atoms with Crippen LogP contribution in [-0.2, 0) is 6.54 Å². The molecular weight excluding hydrogens is 307 g/mol. The van der Waals surface area contributed by atoms with E-state index in [2.05, 4.69) is 15.0 Å². The maximum atomic E-state index is 14.2. The van der Waals surface area contributed by atoms with E-state index in [1.54, 1.807) is 11.0 Å². The van der Waals surface area contributed by atoms with Crippen molar-refractivity contribution in [2.75, 3.05) is 6.54 Å². The Balaban J connectivity index is 1.82. The summed E-state index contributed by atoms with van der Waals surface area (Å²) in [6.07, 6.45) is 3.36. The molecule has 2 aromatic rings. The van der Waals surface area contributed by atoms with Gasteiger partial charge in [-0.25, -0.2) is 9.49 Å². The number of hydrogen-bond acceptors (Lipinski definition) is 2. The van der Waals surface area contributed by atoms with E-state index in [9.17, 15) is 9.18 Å². The molecule has 0 bridgehead atoms. The second-order valence-electron chi connectivity index (χ2n) is 6.33. The van der Waals surface area contributed by atoms with Crippen LogP contribution in [0.15, 0.2) is 24.3 Å². The van der Waals surface area contributed by atoms with Crippen molar-refractivity contribution in [1.29, 1.82) is 0 Å². The predicted molar refractivity (Wildman–Crippen MR) is 88.1 cm³/mol. The highest BCUT2D eigenvalue weighted by atomic mass is 19.1. The van der Waals surface area contributed by atoms with Gasteiger partial charge in [0.1, 0.15) is 5.82 Å². The summed E-state index contributed by atoms with van der Waals surface area (Å²) >= 11 is 0. The Labute approximate surface area is 140 Å². The number of carbonyl (C=O) groups excluding carboxylic acids is 1.